The number of carbonyl (C=O) groups is 1. The number of nitrogens with two attached hydrogens (primary N) is 1. The number of amides is 1. The lowest BCUT2D eigenvalue weighted by Crippen LogP contribution is -2.26. The number of hydrogen-bond donors (Lipinski definition) is 3. The average Bonchev–Trinajstić information content (AvgIpc) is 3.27. The van der Waals surface area contributed by atoms with Gasteiger partial charge in [-0.2, -0.15) is 0 Å². The van der Waals surface area contributed by atoms with Gasteiger partial charge in [-0.1, -0.05) is 11.6 Å². The molecule has 0 heterocycles. The van der Waals surface area contributed by atoms with Gasteiger partial charge in [0.2, 0.25) is 0 Å². The highest BCUT2D eigenvalue weighted by atomic mass is 35.5. The molecule has 0 unspecified atom stereocenters. The predicted octanol–water partition coefficient (Wildman–Crippen LogP) is 3.87. The summed E-state index contributed by atoms with van der Waals surface area (Å²) in [5.74, 6) is -0.0936. The van der Waals surface area contributed by atoms with E-state index in [-0.39, 0.29) is 5.91 Å². The Bertz CT molecular complexity index is 726. The summed E-state index contributed by atoms with van der Waals surface area (Å²) in [6, 6.07) is 11.2. The van der Waals surface area contributed by atoms with Gasteiger partial charge in [0.15, 0.2) is 0 Å². The average molecular weight is 316 g/mol. The molecule has 0 bridgehead atoms. The molecule has 5 heteroatoms. The maximum atomic E-state index is 12.4. The first-order chi connectivity index (χ1) is 10.5. The smallest absolute Gasteiger partial charge is 0.253 e. The zero-order valence-electron chi connectivity index (χ0n) is 12.3. The molecule has 3 rings (SSSR count). The Morgan fingerprint density at radius 3 is 2.59 bits per heavy atom. The summed E-state index contributed by atoms with van der Waals surface area (Å²) in [5.41, 5.74) is 9.61. The monoisotopic (exact) mass is 315 g/mol. The van der Waals surface area contributed by atoms with Crippen LogP contribution in [0, 0.1) is 6.92 Å². The second kappa shape index (κ2) is 5.89. The van der Waals surface area contributed by atoms with E-state index in [1.165, 1.54) is 0 Å². The van der Waals surface area contributed by atoms with E-state index in [0.29, 0.717) is 22.3 Å². The first kappa shape index (κ1) is 14.7. The van der Waals surface area contributed by atoms with Crippen molar-refractivity contribution in [3.8, 4) is 0 Å². The molecule has 0 spiro atoms. The van der Waals surface area contributed by atoms with E-state index in [9.17, 15) is 4.79 Å². The number of anilines is 3. The summed E-state index contributed by atoms with van der Waals surface area (Å²) < 4.78 is 0. The van der Waals surface area contributed by atoms with Gasteiger partial charge in [0.1, 0.15) is 0 Å². The summed E-state index contributed by atoms with van der Waals surface area (Å²) in [4.78, 5) is 12.4. The van der Waals surface area contributed by atoms with E-state index >= 15 is 0 Å². The number of nitrogen functional groups attached to an aromatic ring is 1. The SMILES string of the molecule is Cc1cc(Cl)ccc1Nc1ccc(N)cc1C(=O)NC1CC1. The zero-order valence-corrected chi connectivity index (χ0v) is 13.1. The first-order valence-electron chi connectivity index (χ1n) is 7.26. The van der Waals surface area contributed by atoms with Gasteiger partial charge in [-0.15, -0.1) is 0 Å². The number of benzene rings is 2. The lowest BCUT2D eigenvalue weighted by molar-refractivity contribution is 0.0952. The van der Waals surface area contributed by atoms with Gasteiger partial charge in [-0.3, -0.25) is 4.79 Å². The summed E-state index contributed by atoms with van der Waals surface area (Å²) in [6.45, 7) is 1.97. The Morgan fingerprint density at radius 1 is 1.18 bits per heavy atom. The highest BCUT2D eigenvalue weighted by Gasteiger charge is 2.25. The molecule has 1 aliphatic carbocycles. The van der Waals surface area contributed by atoms with Gasteiger partial charge in [0, 0.05) is 22.4 Å². The van der Waals surface area contributed by atoms with Gasteiger partial charge in [0.25, 0.3) is 5.91 Å². The van der Waals surface area contributed by atoms with Crippen LogP contribution in [0.4, 0.5) is 17.1 Å². The molecule has 114 valence electrons. The second-order valence-corrected chi connectivity index (χ2v) is 6.07. The molecule has 1 saturated carbocycles. The van der Waals surface area contributed by atoms with Crippen LogP contribution in [-0.2, 0) is 0 Å². The van der Waals surface area contributed by atoms with Crippen molar-refractivity contribution in [2.75, 3.05) is 11.1 Å². The molecule has 0 saturated heterocycles. The minimum Gasteiger partial charge on any atom is -0.399 e. The fourth-order valence-electron chi connectivity index (χ4n) is 2.26. The summed E-state index contributed by atoms with van der Waals surface area (Å²) in [5, 5.41) is 6.97. The molecule has 0 radical (unpaired) electrons. The van der Waals surface area contributed by atoms with Crippen molar-refractivity contribution in [2.24, 2.45) is 0 Å². The van der Waals surface area contributed by atoms with Gasteiger partial charge in [-0.25, -0.2) is 0 Å². The third-order valence-electron chi connectivity index (χ3n) is 3.66. The maximum Gasteiger partial charge on any atom is 0.253 e. The molecule has 4 N–H and O–H groups in total. The largest absolute Gasteiger partial charge is 0.399 e. The van der Waals surface area contributed by atoms with Crippen molar-refractivity contribution >= 4 is 34.6 Å². The number of carbonyl (C=O) groups excluding carboxylic acids is 1. The molecular weight excluding hydrogens is 298 g/mol. The Kier molecular flexibility index (Phi) is 3.94. The van der Waals surface area contributed by atoms with Crippen LogP contribution < -0.4 is 16.4 Å². The van der Waals surface area contributed by atoms with E-state index in [2.05, 4.69) is 10.6 Å². The van der Waals surface area contributed by atoms with Crippen LogP contribution in [0.5, 0.6) is 0 Å². The van der Waals surface area contributed by atoms with Crippen molar-refractivity contribution in [2.45, 2.75) is 25.8 Å². The number of rotatable bonds is 4. The Morgan fingerprint density at radius 2 is 1.91 bits per heavy atom. The molecule has 1 aliphatic rings. The number of nitrogens with one attached hydrogen (secondary N) is 2. The molecule has 2 aromatic rings. The zero-order chi connectivity index (χ0) is 15.7. The molecule has 1 amide bonds. The molecular formula is C17H18ClN3O. The normalized spacial score (nSPS) is 13.7. The topological polar surface area (TPSA) is 67.1 Å². The fraction of sp³-hybridized carbons (Fsp3) is 0.235. The predicted molar refractivity (Wildman–Crippen MR) is 90.8 cm³/mol. The van der Waals surface area contributed by atoms with Crippen molar-refractivity contribution in [3.63, 3.8) is 0 Å². The summed E-state index contributed by atoms with van der Waals surface area (Å²) in [7, 11) is 0. The second-order valence-electron chi connectivity index (χ2n) is 5.64. The van der Waals surface area contributed by atoms with E-state index in [4.69, 9.17) is 17.3 Å². The minimum absolute atomic E-state index is 0.0936. The van der Waals surface area contributed by atoms with Crippen LogP contribution >= 0.6 is 11.6 Å². The standard InChI is InChI=1S/C17H18ClN3O/c1-10-8-11(18)2-6-15(10)21-16-7-3-12(19)9-14(16)17(22)20-13-4-5-13/h2-3,6-9,13,21H,4-5,19H2,1H3,(H,20,22). The minimum atomic E-state index is -0.0936. The Balaban J connectivity index is 1.90. The van der Waals surface area contributed by atoms with Gasteiger partial charge >= 0.3 is 0 Å². The van der Waals surface area contributed by atoms with Crippen LogP contribution in [0.15, 0.2) is 36.4 Å². The number of hydrogen-bond acceptors (Lipinski definition) is 3. The quantitative estimate of drug-likeness (QED) is 0.750. The molecule has 1 fully saturated rings. The summed E-state index contributed by atoms with van der Waals surface area (Å²) in [6.07, 6.45) is 2.10. The molecule has 0 aliphatic heterocycles. The van der Waals surface area contributed by atoms with Crippen molar-refractivity contribution < 1.29 is 4.79 Å². The Hall–Kier alpha value is -2.20. The highest BCUT2D eigenvalue weighted by molar-refractivity contribution is 6.30. The molecule has 22 heavy (non-hydrogen) atoms. The molecule has 2 aromatic carbocycles. The van der Waals surface area contributed by atoms with E-state index in [0.717, 1.165) is 29.8 Å². The van der Waals surface area contributed by atoms with Crippen molar-refractivity contribution in [1.82, 2.24) is 5.32 Å². The summed E-state index contributed by atoms with van der Waals surface area (Å²) >= 11 is 5.98. The third-order valence-corrected chi connectivity index (χ3v) is 3.89. The van der Waals surface area contributed by atoms with E-state index < -0.39 is 0 Å². The molecule has 0 aromatic heterocycles. The van der Waals surface area contributed by atoms with E-state index in [1.54, 1.807) is 12.1 Å². The van der Waals surface area contributed by atoms with Crippen LogP contribution in [0.3, 0.4) is 0 Å². The third kappa shape index (κ3) is 3.34. The van der Waals surface area contributed by atoms with E-state index in [1.807, 2.05) is 31.2 Å². The van der Waals surface area contributed by atoms with Gasteiger partial charge in [-0.05, 0) is 61.7 Å². The lowest BCUT2D eigenvalue weighted by atomic mass is 10.1. The van der Waals surface area contributed by atoms with Crippen LogP contribution in [0.2, 0.25) is 5.02 Å². The van der Waals surface area contributed by atoms with Crippen LogP contribution in [0.1, 0.15) is 28.8 Å². The van der Waals surface area contributed by atoms with Crippen molar-refractivity contribution in [3.05, 3.63) is 52.5 Å². The lowest BCUT2D eigenvalue weighted by Gasteiger charge is -2.14. The van der Waals surface area contributed by atoms with Crippen LogP contribution in [0.25, 0.3) is 0 Å². The first-order valence-corrected chi connectivity index (χ1v) is 7.64. The van der Waals surface area contributed by atoms with Crippen LogP contribution in [-0.4, -0.2) is 11.9 Å². The van der Waals surface area contributed by atoms with Gasteiger partial charge < -0.3 is 16.4 Å². The molecule has 4 nitrogen and oxygen atoms in total. The highest BCUT2D eigenvalue weighted by Crippen LogP contribution is 2.28. The number of aryl methyl sites for hydroxylation is 1. The van der Waals surface area contributed by atoms with Gasteiger partial charge in [0.05, 0.1) is 11.3 Å². The van der Waals surface area contributed by atoms with Crippen molar-refractivity contribution in [1.29, 1.82) is 0 Å². The maximum absolute atomic E-state index is 12.4. The molecule has 0 atom stereocenters. The fourth-order valence-corrected chi connectivity index (χ4v) is 2.49. The number of halogens is 1. The Labute approximate surface area is 134 Å².